The molecule has 0 radical (unpaired) electrons. The van der Waals surface area contributed by atoms with Gasteiger partial charge in [-0.15, -0.1) is 22.7 Å². The van der Waals surface area contributed by atoms with Crippen LogP contribution in [0.4, 0.5) is 24.0 Å². The molecule has 0 saturated heterocycles. The van der Waals surface area contributed by atoms with Crippen molar-refractivity contribution in [2.75, 3.05) is 4.90 Å². The van der Waals surface area contributed by atoms with Crippen molar-refractivity contribution in [1.29, 1.82) is 0 Å². The highest BCUT2D eigenvalue weighted by Crippen LogP contribution is 2.35. The van der Waals surface area contributed by atoms with Gasteiger partial charge in [-0.05, 0) is 37.3 Å². The van der Waals surface area contributed by atoms with Crippen LogP contribution in [0.3, 0.4) is 0 Å². The van der Waals surface area contributed by atoms with Crippen molar-refractivity contribution in [3.05, 3.63) is 62.8 Å². The molecule has 2 heterocycles. The van der Waals surface area contributed by atoms with Crippen LogP contribution in [0.15, 0.2) is 41.8 Å². The van der Waals surface area contributed by atoms with E-state index in [9.17, 15) is 22.8 Å². The number of rotatable bonds is 5. The molecule has 152 valence electrons. The van der Waals surface area contributed by atoms with Crippen molar-refractivity contribution in [3.63, 3.8) is 0 Å². The molecule has 0 bridgehead atoms. The van der Waals surface area contributed by atoms with Crippen molar-refractivity contribution in [3.8, 4) is 0 Å². The second kappa shape index (κ2) is 8.34. The second-order valence-electron chi connectivity index (χ2n) is 6.01. The molecule has 0 saturated carbocycles. The van der Waals surface area contributed by atoms with Crippen molar-refractivity contribution in [2.45, 2.75) is 26.6 Å². The van der Waals surface area contributed by atoms with Gasteiger partial charge < -0.3 is 4.74 Å². The zero-order valence-corrected chi connectivity index (χ0v) is 17.0. The van der Waals surface area contributed by atoms with Gasteiger partial charge in [0.25, 0.3) is 0 Å². The summed E-state index contributed by atoms with van der Waals surface area (Å²) in [6.07, 6.45) is -4.53. The average molecular weight is 440 g/mol. The molecule has 1 aromatic carbocycles. The summed E-state index contributed by atoms with van der Waals surface area (Å²) in [4.78, 5) is 30.9. The standard InChI is InChI=1S/C19H15F3N2O3S2/c1-11-6-7-16(29-11)17(26)27-9-14-10-28-18(23-14)24(12(2)25)15-5-3-4-13(8-15)19(20,21)22/h3-8,10H,9H2,1-2H3. The predicted octanol–water partition coefficient (Wildman–Crippen LogP) is 5.57. The first kappa shape index (κ1) is 21.0. The third kappa shape index (κ3) is 5.01. The molecule has 5 nitrogen and oxygen atoms in total. The molecule has 3 rings (SSSR count). The van der Waals surface area contributed by atoms with Gasteiger partial charge in [-0.25, -0.2) is 9.78 Å². The molecule has 2 aromatic heterocycles. The van der Waals surface area contributed by atoms with E-state index in [4.69, 9.17) is 4.74 Å². The number of aromatic nitrogens is 1. The fourth-order valence-electron chi connectivity index (χ4n) is 2.47. The Kier molecular flexibility index (Phi) is 6.04. The third-order valence-electron chi connectivity index (χ3n) is 3.77. The van der Waals surface area contributed by atoms with Crippen LogP contribution in [0.25, 0.3) is 0 Å². The molecule has 0 aliphatic heterocycles. The number of benzene rings is 1. The minimum atomic E-state index is -4.53. The summed E-state index contributed by atoms with van der Waals surface area (Å²) in [6.45, 7) is 3.00. The van der Waals surface area contributed by atoms with Crippen LogP contribution in [-0.2, 0) is 22.3 Å². The Morgan fingerprint density at radius 3 is 2.59 bits per heavy atom. The van der Waals surface area contributed by atoms with Crippen LogP contribution < -0.4 is 4.90 Å². The van der Waals surface area contributed by atoms with E-state index < -0.39 is 23.6 Å². The molecule has 0 aliphatic carbocycles. The van der Waals surface area contributed by atoms with Crippen molar-refractivity contribution >= 4 is 45.4 Å². The molecular weight excluding hydrogens is 425 g/mol. The van der Waals surface area contributed by atoms with Gasteiger partial charge in [0, 0.05) is 17.2 Å². The maximum Gasteiger partial charge on any atom is 0.416 e. The summed E-state index contributed by atoms with van der Waals surface area (Å²) in [5.41, 5.74) is -0.415. The Labute approximate surface area is 172 Å². The zero-order chi connectivity index (χ0) is 21.2. The van der Waals surface area contributed by atoms with Gasteiger partial charge >= 0.3 is 12.1 Å². The number of anilines is 2. The number of halogens is 3. The van der Waals surface area contributed by atoms with E-state index in [1.54, 1.807) is 11.4 Å². The van der Waals surface area contributed by atoms with Gasteiger partial charge in [0.2, 0.25) is 5.91 Å². The largest absolute Gasteiger partial charge is 0.455 e. The average Bonchev–Trinajstić information content (AvgIpc) is 3.28. The smallest absolute Gasteiger partial charge is 0.416 e. The lowest BCUT2D eigenvalue weighted by Crippen LogP contribution is -2.23. The lowest BCUT2D eigenvalue weighted by atomic mass is 10.2. The topological polar surface area (TPSA) is 59.5 Å². The maximum absolute atomic E-state index is 13.0. The number of carbonyl (C=O) groups excluding carboxylic acids is 2. The number of amides is 1. The summed E-state index contributed by atoms with van der Waals surface area (Å²) >= 11 is 2.38. The molecular formula is C19H15F3N2O3S2. The zero-order valence-electron chi connectivity index (χ0n) is 15.3. The van der Waals surface area contributed by atoms with Crippen molar-refractivity contribution < 1.29 is 27.5 Å². The number of ether oxygens (including phenoxy) is 1. The van der Waals surface area contributed by atoms with Crippen LogP contribution in [0.1, 0.15) is 32.7 Å². The molecule has 0 aliphatic rings. The molecule has 1 amide bonds. The van der Waals surface area contributed by atoms with E-state index in [2.05, 4.69) is 4.98 Å². The number of thiophene rings is 1. The quantitative estimate of drug-likeness (QED) is 0.487. The molecule has 0 unspecified atom stereocenters. The number of alkyl halides is 3. The second-order valence-corrected chi connectivity index (χ2v) is 8.13. The van der Waals surface area contributed by atoms with Crippen LogP contribution in [0.5, 0.6) is 0 Å². The summed E-state index contributed by atoms with van der Waals surface area (Å²) in [5, 5.41) is 1.78. The van der Waals surface area contributed by atoms with E-state index in [0.717, 1.165) is 33.2 Å². The van der Waals surface area contributed by atoms with Crippen molar-refractivity contribution in [2.24, 2.45) is 0 Å². The van der Waals surface area contributed by atoms with Crippen LogP contribution in [0, 0.1) is 6.92 Å². The molecule has 10 heteroatoms. The number of thiazole rings is 1. The van der Waals surface area contributed by atoms with E-state index in [1.807, 2.05) is 13.0 Å². The lowest BCUT2D eigenvalue weighted by Gasteiger charge is -2.19. The highest BCUT2D eigenvalue weighted by atomic mass is 32.1. The Hall–Kier alpha value is -2.72. The fourth-order valence-corrected chi connectivity index (χ4v) is 4.10. The Morgan fingerprint density at radius 2 is 1.97 bits per heavy atom. The van der Waals surface area contributed by atoms with Crippen LogP contribution in [0.2, 0.25) is 0 Å². The number of hydrogen-bond donors (Lipinski definition) is 0. The first-order valence-corrected chi connectivity index (χ1v) is 10.0. The molecule has 3 aromatic rings. The van der Waals surface area contributed by atoms with Gasteiger partial charge in [-0.1, -0.05) is 6.07 Å². The van der Waals surface area contributed by atoms with Gasteiger partial charge in [0.15, 0.2) is 5.13 Å². The van der Waals surface area contributed by atoms with E-state index in [1.165, 1.54) is 30.4 Å². The summed E-state index contributed by atoms with van der Waals surface area (Å²) in [5.74, 6) is -0.977. The summed E-state index contributed by atoms with van der Waals surface area (Å²) < 4.78 is 44.2. The molecule has 0 N–H and O–H groups in total. The fraction of sp³-hybridized carbons (Fsp3) is 0.211. The normalized spacial score (nSPS) is 11.3. The first-order valence-electron chi connectivity index (χ1n) is 8.31. The minimum absolute atomic E-state index is 0.0549. The molecule has 0 fully saturated rings. The number of esters is 1. The SMILES string of the molecule is CC(=O)N(c1cccc(C(F)(F)F)c1)c1nc(COC(=O)c2ccc(C)s2)cs1. The first-order chi connectivity index (χ1) is 13.6. The van der Waals surface area contributed by atoms with Gasteiger partial charge in [0.1, 0.15) is 11.5 Å². The van der Waals surface area contributed by atoms with Gasteiger partial charge in [-0.3, -0.25) is 9.69 Å². The number of aryl methyl sites for hydroxylation is 1. The molecule has 29 heavy (non-hydrogen) atoms. The van der Waals surface area contributed by atoms with Crippen molar-refractivity contribution in [1.82, 2.24) is 4.98 Å². The minimum Gasteiger partial charge on any atom is -0.455 e. The Morgan fingerprint density at radius 1 is 1.21 bits per heavy atom. The highest BCUT2D eigenvalue weighted by molar-refractivity contribution is 7.14. The monoisotopic (exact) mass is 440 g/mol. The number of carbonyl (C=O) groups is 2. The van der Waals surface area contributed by atoms with E-state index in [0.29, 0.717) is 10.6 Å². The molecule has 0 spiro atoms. The Balaban J connectivity index is 1.77. The number of nitrogens with zero attached hydrogens (tertiary/aromatic N) is 2. The maximum atomic E-state index is 13.0. The van der Waals surface area contributed by atoms with Crippen LogP contribution >= 0.6 is 22.7 Å². The van der Waals surface area contributed by atoms with Gasteiger partial charge in [0.05, 0.1) is 16.9 Å². The van der Waals surface area contributed by atoms with Gasteiger partial charge in [-0.2, -0.15) is 13.2 Å². The third-order valence-corrected chi connectivity index (χ3v) is 5.63. The summed E-state index contributed by atoms with van der Waals surface area (Å²) in [6, 6.07) is 7.93. The summed E-state index contributed by atoms with van der Waals surface area (Å²) in [7, 11) is 0. The Bertz CT molecular complexity index is 1040. The van der Waals surface area contributed by atoms with Crippen LogP contribution in [-0.4, -0.2) is 16.9 Å². The highest BCUT2D eigenvalue weighted by Gasteiger charge is 2.31. The molecule has 0 atom stereocenters. The van der Waals surface area contributed by atoms with E-state index >= 15 is 0 Å². The predicted molar refractivity (Wildman–Crippen MR) is 105 cm³/mol. The van der Waals surface area contributed by atoms with E-state index in [-0.39, 0.29) is 17.4 Å². The number of hydrogen-bond acceptors (Lipinski definition) is 6. The lowest BCUT2D eigenvalue weighted by molar-refractivity contribution is -0.137.